The summed E-state index contributed by atoms with van der Waals surface area (Å²) in [6, 6.07) is 5.02. The van der Waals surface area contributed by atoms with Crippen molar-refractivity contribution >= 4 is 12.1 Å². The number of hydrogen-bond donors (Lipinski definition) is 0. The molecule has 0 radical (unpaired) electrons. The molecule has 0 spiro atoms. The van der Waals surface area contributed by atoms with Crippen LogP contribution in [0.25, 0.3) is 0 Å². The van der Waals surface area contributed by atoms with Gasteiger partial charge in [-0.25, -0.2) is 9.38 Å². The predicted molar refractivity (Wildman–Crippen MR) is 69.1 cm³/mol. The molecule has 1 heterocycles. The highest BCUT2D eigenvalue weighted by atomic mass is 19.1. The van der Waals surface area contributed by atoms with Gasteiger partial charge in [-0.05, 0) is 19.1 Å². The molecular formula is C13H17FN2O2. The van der Waals surface area contributed by atoms with Crippen LogP contribution >= 0.6 is 0 Å². The van der Waals surface area contributed by atoms with Crippen molar-refractivity contribution in [2.24, 2.45) is 4.99 Å². The zero-order chi connectivity index (χ0) is 13.0. The van der Waals surface area contributed by atoms with Crippen molar-refractivity contribution in [3.8, 4) is 5.75 Å². The van der Waals surface area contributed by atoms with E-state index < -0.39 is 0 Å². The Bertz CT molecular complexity index is 437. The quantitative estimate of drug-likeness (QED) is 0.804. The molecule has 1 aliphatic rings. The molecule has 0 saturated heterocycles. The van der Waals surface area contributed by atoms with Gasteiger partial charge in [0.2, 0.25) is 0 Å². The highest BCUT2D eigenvalue weighted by Gasteiger charge is 2.17. The van der Waals surface area contributed by atoms with Crippen LogP contribution in [-0.2, 0) is 4.74 Å². The van der Waals surface area contributed by atoms with Crippen LogP contribution in [0.2, 0.25) is 0 Å². The Morgan fingerprint density at radius 2 is 2.39 bits per heavy atom. The van der Waals surface area contributed by atoms with E-state index in [9.17, 15) is 4.39 Å². The normalized spacial score (nSPS) is 17.6. The number of methoxy groups -OCH3 is 1. The standard InChI is InChI=1S/C13H17FN2O2/c1-3-16(7-10-8-18-9-15-10)11-4-5-12(14)13(6-11)17-2/h4-6,9-10H,3,7-8H2,1-2H3. The van der Waals surface area contributed by atoms with E-state index in [1.54, 1.807) is 12.1 Å². The fraction of sp³-hybridized carbons (Fsp3) is 0.462. The highest BCUT2D eigenvalue weighted by Crippen LogP contribution is 2.24. The molecule has 0 N–H and O–H groups in total. The smallest absolute Gasteiger partial charge is 0.169 e. The summed E-state index contributed by atoms with van der Waals surface area (Å²) in [4.78, 5) is 6.34. The molecule has 0 amide bonds. The van der Waals surface area contributed by atoms with Crippen molar-refractivity contribution < 1.29 is 13.9 Å². The summed E-state index contributed by atoms with van der Waals surface area (Å²) >= 11 is 0. The van der Waals surface area contributed by atoms with Crippen LogP contribution in [0.5, 0.6) is 5.75 Å². The molecule has 0 aromatic heterocycles. The van der Waals surface area contributed by atoms with Crippen molar-refractivity contribution in [1.82, 2.24) is 0 Å². The molecule has 0 saturated carbocycles. The largest absolute Gasteiger partial charge is 0.494 e. The minimum atomic E-state index is -0.348. The summed E-state index contributed by atoms with van der Waals surface area (Å²) in [5.41, 5.74) is 0.929. The molecule has 0 aliphatic carbocycles. The Kier molecular flexibility index (Phi) is 4.02. The Morgan fingerprint density at radius 1 is 1.56 bits per heavy atom. The van der Waals surface area contributed by atoms with Gasteiger partial charge in [0.25, 0.3) is 0 Å². The Morgan fingerprint density at radius 3 is 3.00 bits per heavy atom. The van der Waals surface area contributed by atoms with E-state index in [0.717, 1.165) is 18.8 Å². The van der Waals surface area contributed by atoms with Gasteiger partial charge in [0.15, 0.2) is 18.0 Å². The number of hydrogen-bond acceptors (Lipinski definition) is 4. The van der Waals surface area contributed by atoms with Crippen molar-refractivity contribution in [1.29, 1.82) is 0 Å². The van der Waals surface area contributed by atoms with Gasteiger partial charge >= 0.3 is 0 Å². The number of likely N-dealkylation sites (N-methyl/N-ethyl adjacent to an activating group) is 1. The van der Waals surface area contributed by atoms with Gasteiger partial charge in [0.05, 0.1) is 7.11 Å². The van der Waals surface area contributed by atoms with Crippen LogP contribution in [-0.4, -0.2) is 39.2 Å². The summed E-state index contributed by atoms with van der Waals surface area (Å²) in [6.07, 6.45) is 1.49. The van der Waals surface area contributed by atoms with E-state index in [1.165, 1.54) is 19.6 Å². The molecule has 0 fully saturated rings. The lowest BCUT2D eigenvalue weighted by Crippen LogP contribution is -2.32. The Hall–Kier alpha value is -1.78. The molecule has 1 aromatic carbocycles. The summed E-state index contributed by atoms with van der Waals surface area (Å²) in [5, 5.41) is 0. The second-order valence-electron chi connectivity index (χ2n) is 4.10. The molecule has 98 valence electrons. The van der Waals surface area contributed by atoms with Crippen LogP contribution in [0.4, 0.5) is 10.1 Å². The summed E-state index contributed by atoms with van der Waals surface area (Å²) in [6.45, 7) is 4.23. The first kappa shape index (κ1) is 12.7. The lowest BCUT2D eigenvalue weighted by atomic mass is 10.2. The number of anilines is 1. The molecule has 5 heteroatoms. The molecular weight excluding hydrogens is 235 g/mol. The molecule has 2 rings (SSSR count). The maximum Gasteiger partial charge on any atom is 0.169 e. The van der Waals surface area contributed by atoms with Gasteiger partial charge in [-0.2, -0.15) is 0 Å². The third-order valence-electron chi connectivity index (χ3n) is 2.95. The van der Waals surface area contributed by atoms with Crippen molar-refractivity contribution in [2.75, 3.05) is 31.7 Å². The SMILES string of the molecule is CCN(CC1COC=N1)c1ccc(F)c(OC)c1. The minimum Gasteiger partial charge on any atom is -0.494 e. The number of benzene rings is 1. The first-order chi connectivity index (χ1) is 8.74. The van der Waals surface area contributed by atoms with E-state index >= 15 is 0 Å². The Balaban J connectivity index is 2.13. The second kappa shape index (κ2) is 5.71. The van der Waals surface area contributed by atoms with Crippen molar-refractivity contribution in [3.63, 3.8) is 0 Å². The van der Waals surface area contributed by atoms with E-state index in [4.69, 9.17) is 9.47 Å². The first-order valence-corrected chi connectivity index (χ1v) is 5.96. The number of rotatable bonds is 5. The zero-order valence-corrected chi connectivity index (χ0v) is 10.6. The molecule has 1 aliphatic heterocycles. The number of ether oxygens (including phenoxy) is 2. The van der Waals surface area contributed by atoms with Gasteiger partial charge in [-0.3, -0.25) is 0 Å². The average Bonchev–Trinajstić information content (AvgIpc) is 2.89. The molecule has 4 nitrogen and oxygen atoms in total. The highest BCUT2D eigenvalue weighted by molar-refractivity contribution is 5.53. The minimum absolute atomic E-state index is 0.140. The fourth-order valence-electron chi connectivity index (χ4n) is 1.94. The third-order valence-corrected chi connectivity index (χ3v) is 2.95. The van der Waals surface area contributed by atoms with Crippen LogP contribution in [0.1, 0.15) is 6.92 Å². The molecule has 1 aromatic rings. The van der Waals surface area contributed by atoms with E-state index in [-0.39, 0.29) is 17.6 Å². The molecule has 1 unspecified atom stereocenters. The molecule has 18 heavy (non-hydrogen) atoms. The Labute approximate surface area is 106 Å². The molecule has 1 atom stereocenters. The maximum atomic E-state index is 13.4. The van der Waals surface area contributed by atoms with Crippen LogP contribution < -0.4 is 9.64 Å². The number of halogens is 1. The van der Waals surface area contributed by atoms with Gasteiger partial charge < -0.3 is 14.4 Å². The van der Waals surface area contributed by atoms with E-state index in [0.29, 0.717) is 6.61 Å². The lowest BCUT2D eigenvalue weighted by Gasteiger charge is -2.25. The summed E-state index contributed by atoms with van der Waals surface area (Å²) in [7, 11) is 1.47. The van der Waals surface area contributed by atoms with Crippen molar-refractivity contribution in [3.05, 3.63) is 24.0 Å². The van der Waals surface area contributed by atoms with Crippen molar-refractivity contribution in [2.45, 2.75) is 13.0 Å². The monoisotopic (exact) mass is 252 g/mol. The summed E-state index contributed by atoms with van der Waals surface area (Å²) in [5.74, 6) is -0.0864. The van der Waals surface area contributed by atoms with Crippen LogP contribution in [0.15, 0.2) is 23.2 Å². The third kappa shape index (κ3) is 2.72. The van der Waals surface area contributed by atoms with Crippen LogP contribution in [0, 0.1) is 5.82 Å². The average molecular weight is 252 g/mol. The van der Waals surface area contributed by atoms with E-state index in [1.807, 2.05) is 0 Å². The predicted octanol–water partition coefficient (Wildman–Crippen LogP) is 2.09. The summed E-state index contributed by atoms with van der Waals surface area (Å²) < 4.78 is 23.4. The van der Waals surface area contributed by atoms with Gasteiger partial charge in [0, 0.05) is 24.8 Å². The lowest BCUT2D eigenvalue weighted by molar-refractivity contribution is 0.328. The number of aliphatic imine (C=N–C) groups is 1. The van der Waals surface area contributed by atoms with Gasteiger partial charge in [-0.1, -0.05) is 0 Å². The van der Waals surface area contributed by atoms with Crippen LogP contribution in [0.3, 0.4) is 0 Å². The number of nitrogens with zero attached hydrogens (tertiary/aromatic N) is 2. The van der Waals surface area contributed by atoms with E-state index in [2.05, 4.69) is 16.8 Å². The molecule has 0 bridgehead atoms. The fourth-order valence-corrected chi connectivity index (χ4v) is 1.94. The zero-order valence-electron chi connectivity index (χ0n) is 10.6. The first-order valence-electron chi connectivity index (χ1n) is 5.96. The second-order valence-corrected chi connectivity index (χ2v) is 4.10. The maximum absolute atomic E-state index is 13.4. The topological polar surface area (TPSA) is 34.1 Å². The van der Waals surface area contributed by atoms with Gasteiger partial charge in [-0.15, -0.1) is 0 Å². The van der Waals surface area contributed by atoms with Gasteiger partial charge in [0.1, 0.15) is 12.6 Å².